The van der Waals surface area contributed by atoms with Crippen LogP contribution >= 0.6 is 0 Å². The van der Waals surface area contributed by atoms with Gasteiger partial charge in [0.25, 0.3) is 0 Å². The maximum atomic E-state index is 10.7. The van der Waals surface area contributed by atoms with Gasteiger partial charge in [0.1, 0.15) is 0 Å². The molecule has 296 valence electrons. The Kier molecular flexibility index (Phi) is 38.4. The minimum atomic E-state index is -0.925. The van der Waals surface area contributed by atoms with Crippen LogP contribution in [0.1, 0.15) is 229 Å². The van der Waals surface area contributed by atoms with E-state index in [-0.39, 0.29) is 61.7 Å². The van der Waals surface area contributed by atoms with E-state index >= 15 is 0 Å². The Morgan fingerprint density at radius 2 is 0.642 bits per heavy atom. The molecule has 0 spiro atoms. The van der Waals surface area contributed by atoms with Crippen LogP contribution in [0.4, 0.5) is 0 Å². The van der Waals surface area contributed by atoms with E-state index in [0.29, 0.717) is 11.8 Å². The largest absolute Gasteiger partial charge is 2.00 e. The number of carbonyl (C=O) groups is 2. The normalized spacial score (nSPS) is 12.0. The number of carbonyl (C=O) groups excluding carboxylic acids is 2. The number of rotatable bonds is 34. The number of carboxylic acid groups (broad SMARTS) is 2. The Morgan fingerprint density at radius 1 is 0.396 bits per heavy atom. The molecule has 4 nitrogen and oxygen atoms in total. The van der Waals surface area contributed by atoms with E-state index in [0.717, 1.165) is 25.7 Å². The van der Waals surface area contributed by atoms with Gasteiger partial charge in [-0.3, -0.25) is 0 Å². The fourth-order valence-electron chi connectivity index (χ4n) is 7.50. The van der Waals surface area contributed by atoms with Crippen LogP contribution in [-0.2, 0) is 9.59 Å². The molecule has 0 aliphatic rings. The summed E-state index contributed by atoms with van der Waals surface area (Å²) in [5, 5.41) is 21.3. The Hall–Kier alpha value is -1.05. The zero-order valence-corrected chi connectivity index (χ0v) is 38.9. The standard InChI is InChI=1S/2C24H40O2.Ba/c2*1-2-3-4-5-6-7-8-9-10-11-13-17-23(20-16-21-24(25)26)22-18-14-12-15-19-22;/h2*12,14-15,18-19,23H,2-11,13,16-17,20-21H2,1H3,(H,25,26);/q;;+2/p-2. The third kappa shape index (κ3) is 32.9. The molecule has 0 N–H and O–H groups in total. The van der Waals surface area contributed by atoms with Crippen molar-refractivity contribution in [2.75, 3.05) is 0 Å². The van der Waals surface area contributed by atoms with Gasteiger partial charge in [-0.25, -0.2) is 0 Å². The molecule has 2 aromatic rings. The summed E-state index contributed by atoms with van der Waals surface area (Å²) < 4.78 is 0. The second-order valence-electron chi connectivity index (χ2n) is 15.4. The molecule has 0 bridgehead atoms. The topological polar surface area (TPSA) is 80.3 Å². The summed E-state index contributed by atoms with van der Waals surface area (Å²) in [7, 11) is 0. The smallest absolute Gasteiger partial charge is 0.550 e. The van der Waals surface area contributed by atoms with Crippen LogP contribution in [0.15, 0.2) is 60.7 Å². The molecule has 0 aliphatic carbocycles. The molecule has 0 heterocycles. The van der Waals surface area contributed by atoms with Crippen LogP contribution in [0.25, 0.3) is 0 Å². The van der Waals surface area contributed by atoms with E-state index in [1.54, 1.807) is 0 Å². The van der Waals surface area contributed by atoms with E-state index in [9.17, 15) is 19.8 Å². The molecule has 2 unspecified atom stereocenters. The van der Waals surface area contributed by atoms with Crippen LogP contribution in [0.2, 0.25) is 0 Å². The minimum Gasteiger partial charge on any atom is -0.550 e. The van der Waals surface area contributed by atoms with E-state index in [1.165, 1.54) is 165 Å². The van der Waals surface area contributed by atoms with E-state index in [1.807, 2.05) is 12.1 Å². The third-order valence-electron chi connectivity index (χ3n) is 10.7. The maximum absolute atomic E-state index is 10.7. The van der Waals surface area contributed by atoms with Crippen LogP contribution in [0.5, 0.6) is 0 Å². The SMILES string of the molecule is CCCCCCCCCCCCCC(CCCC(=O)[O-])c1ccccc1.CCCCCCCCCCCCCC(CCCC(=O)[O-])c1ccccc1.[Ba+2]. The van der Waals surface area contributed by atoms with Gasteiger partial charge in [-0.05, 0) is 74.3 Å². The number of benzene rings is 2. The molecule has 0 saturated heterocycles. The first-order valence-electron chi connectivity index (χ1n) is 22.0. The zero-order chi connectivity index (χ0) is 37.7. The molecule has 5 heteroatoms. The van der Waals surface area contributed by atoms with Crippen molar-refractivity contribution in [2.24, 2.45) is 0 Å². The van der Waals surface area contributed by atoms with Crippen molar-refractivity contribution >= 4 is 60.8 Å². The van der Waals surface area contributed by atoms with Gasteiger partial charge in [0.2, 0.25) is 0 Å². The zero-order valence-electron chi connectivity index (χ0n) is 34.5. The van der Waals surface area contributed by atoms with Gasteiger partial charge in [0.15, 0.2) is 0 Å². The number of hydrogen-bond donors (Lipinski definition) is 0. The summed E-state index contributed by atoms with van der Waals surface area (Å²) in [6.07, 6.45) is 36.1. The van der Waals surface area contributed by atoms with Gasteiger partial charge in [-0.1, -0.05) is 216 Å². The van der Waals surface area contributed by atoms with Crippen molar-refractivity contribution in [1.82, 2.24) is 0 Å². The van der Waals surface area contributed by atoms with E-state index in [2.05, 4.69) is 62.4 Å². The summed E-state index contributed by atoms with van der Waals surface area (Å²) in [6, 6.07) is 21.2. The third-order valence-corrected chi connectivity index (χ3v) is 10.7. The summed E-state index contributed by atoms with van der Waals surface area (Å²) >= 11 is 0. The quantitative estimate of drug-likeness (QED) is 0.0519. The molecule has 2 rings (SSSR count). The molecule has 0 aromatic heterocycles. The average Bonchev–Trinajstić information content (AvgIpc) is 3.15. The van der Waals surface area contributed by atoms with Gasteiger partial charge in [-0.2, -0.15) is 0 Å². The van der Waals surface area contributed by atoms with E-state index in [4.69, 9.17) is 0 Å². The summed E-state index contributed by atoms with van der Waals surface area (Å²) in [5.74, 6) is -0.860. The molecular formula is C48H78BaO4. The van der Waals surface area contributed by atoms with Gasteiger partial charge < -0.3 is 19.8 Å². The molecule has 0 fully saturated rings. The Balaban J connectivity index is 0.00000100. The van der Waals surface area contributed by atoms with Gasteiger partial charge in [0, 0.05) is 11.9 Å². The van der Waals surface area contributed by atoms with Gasteiger partial charge >= 0.3 is 48.9 Å². The van der Waals surface area contributed by atoms with E-state index < -0.39 is 11.9 Å². The predicted molar refractivity (Wildman–Crippen MR) is 224 cm³/mol. The summed E-state index contributed by atoms with van der Waals surface area (Å²) in [5.41, 5.74) is 2.72. The number of hydrogen-bond acceptors (Lipinski definition) is 4. The van der Waals surface area contributed by atoms with Crippen molar-refractivity contribution in [1.29, 1.82) is 0 Å². The maximum Gasteiger partial charge on any atom is 2.00 e. The number of aliphatic carboxylic acids is 2. The summed E-state index contributed by atoms with van der Waals surface area (Å²) in [4.78, 5) is 21.3. The molecule has 2 aromatic carbocycles. The average molecular weight is 856 g/mol. The van der Waals surface area contributed by atoms with Gasteiger partial charge in [0.05, 0.1) is 0 Å². The molecule has 0 amide bonds. The van der Waals surface area contributed by atoms with Crippen LogP contribution in [0, 0.1) is 0 Å². The first-order chi connectivity index (χ1) is 25.5. The molecular weight excluding hydrogens is 778 g/mol. The van der Waals surface area contributed by atoms with Crippen molar-refractivity contribution in [3.63, 3.8) is 0 Å². The first-order valence-corrected chi connectivity index (χ1v) is 22.0. The Morgan fingerprint density at radius 3 is 0.906 bits per heavy atom. The first kappa shape index (κ1) is 52.0. The second kappa shape index (κ2) is 39.2. The van der Waals surface area contributed by atoms with Crippen LogP contribution < -0.4 is 10.2 Å². The molecule has 0 radical (unpaired) electrons. The molecule has 53 heavy (non-hydrogen) atoms. The fourth-order valence-corrected chi connectivity index (χ4v) is 7.50. The van der Waals surface area contributed by atoms with Crippen molar-refractivity contribution in [3.8, 4) is 0 Å². The van der Waals surface area contributed by atoms with Crippen LogP contribution in [-0.4, -0.2) is 60.8 Å². The molecule has 2 atom stereocenters. The molecule has 0 aliphatic heterocycles. The van der Waals surface area contributed by atoms with Crippen LogP contribution in [0.3, 0.4) is 0 Å². The number of unbranched alkanes of at least 4 members (excludes halogenated alkanes) is 20. The van der Waals surface area contributed by atoms with Crippen molar-refractivity contribution in [3.05, 3.63) is 71.8 Å². The van der Waals surface area contributed by atoms with Crippen molar-refractivity contribution in [2.45, 2.75) is 218 Å². The summed E-state index contributed by atoms with van der Waals surface area (Å²) in [6.45, 7) is 4.54. The monoisotopic (exact) mass is 856 g/mol. The Labute approximate surface area is 367 Å². The predicted octanol–water partition coefficient (Wildman–Crippen LogP) is 12.4. The number of carboxylic acids is 2. The van der Waals surface area contributed by atoms with Gasteiger partial charge in [-0.15, -0.1) is 0 Å². The van der Waals surface area contributed by atoms with Crippen molar-refractivity contribution < 1.29 is 19.8 Å². The molecule has 0 saturated carbocycles. The second-order valence-corrected chi connectivity index (χ2v) is 15.4. The minimum absolute atomic E-state index is 0. The fraction of sp³-hybridized carbons (Fsp3) is 0.708. The Bertz CT molecular complexity index is 974.